The van der Waals surface area contributed by atoms with Crippen LogP contribution in [0.15, 0.2) is 18.2 Å². The van der Waals surface area contributed by atoms with Crippen LogP contribution in [-0.4, -0.2) is 25.5 Å². The number of aryl methyl sites for hydroxylation is 1. The van der Waals surface area contributed by atoms with Crippen molar-refractivity contribution in [3.05, 3.63) is 34.9 Å². The van der Waals surface area contributed by atoms with Crippen molar-refractivity contribution in [2.45, 2.75) is 32.7 Å². The Labute approximate surface area is 99.5 Å². The fourth-order valence-corrected chi connectivity index (χ4v) is 1.99. The molecule has 0 aromatic heterocycles. The van der Waals surface area contributed by atoms with Crippen molar-refractivity contribution in [3.63, 3.8) is 0 Å². The molecule has 2 N–H and O–H groups in total. The van der Waals surface area contributed by atoms with Gasteiger partial charge < -0.3 is 10.6 Å². The average Bonchev–Trinajstić information content (AvgIpc) is 2.20. The molecule has 0 spiro atoms. The molecule has 1 aromatic rings. The maximum atomic E-state index is 5.86. The van der Waals surface area contributed by atoms with Crippen LogP contribution in [0.5, 0.6) is 0 Å². The summed E-state index contributed by atoms with van der Waals surface area (Å²) in [6.07, 6.45) is 0. The third-order valence-corrected chi connectivity index (χ3v) is 3.18. The Morgan fingerprint density at radius 1 is 1.25 bits per heavy atom. The van der Waals surface area contributed by atoms with Crippen molar-refractivity contribution in [3.8, 4) is 0 Å². The molecule has 2 heteroatoms. The highest BCUT2D eigenvalue weighted by Gasteiger charge is 2.15. The van der Waals surface area contributed by atoms with Gasteiger partial charge in [-0.15, -0.1) is 0 Å². The van der Waals surface area contributed by atoms with E-state index in [1.54, 1.807) is 0 Å². The van der Waals surface area contributed by atoms with Crippen molar-refractivity contribution < 1.29 is 0 Å². The summed E-state index contributed by atoms with van der Waals surface area (Å²) >= 11 is 0. The van der Waals surface area contributed by atoms with E-state index in [2.05, 4.69) is 58.0 Å². The fourth-order valence-electron chi connectivity index (χ4n) is 1.99. The van der Waals surface area contributed by atoms with Crippen LogP contribution in [0.25, 0.3) is 0 Å². The van der Waals surface area contributed by atoms with E-state index in [0.717, 1.165) is 0 Å². The first-order chi connectivity index (χ1) is 7.47. The lowest BCUT2D eigenvalue weighted by molar-refractivity contribution is 0.305. The molecule has 1 atom stereocenters. The van der Waals surface area contributed by atoms with Crippen molar-refractivity contribution in [2.75, 3.05) is 20.6 Å². The number of benzene rings is 1. The van der Waals surface area contributed by atoms with Gasteiger partial charge in [-0.2, -0.15) is 0 Å². The van der Waals surface area contributed by atoms with E-state index in [1.807, 2.05) is 0 Å². The first-order valence-electron chi connectivity index (χ1n) is 5.94. The van der Waals surface area contributed by atoms with Crippen molar-refractivity contribution >= 4 is 0 Å². The molecule has 2 nitrogen and oxygen atoms in total. The highest BCUT2D eigenvalue weighted by molar-refractivity contribution is 5.35. The zero-order chi connectivity index (χ0) is 12.3. The number of nitrogens with zero attached hydrogens (tertiary/aromatic N) is 1. The Morgan fingerprint density at radius 3 is 2.31 bits per heavy atom. The summed E-state index contributed by atoms with van der Waals surface area (Å²) in [5.41, 5.74) is 9.94. The summed E-state index contributed by atoms with van der Waals surface area (Å²) in [5.74, 6) is 0.569. The smallest absolute Gasteiger partial charge is 0.0467 e. The second-order valence-electron chi connectivity index (χ2n) is 4.99. The van der Waals surface area contributed by atoms with Crippen LogP contribution in [0, 0.1) is 6.92 Å². The summed E-state index contributed by atoms with van der Waals surface area (Å²) in [6, 6.07) is 7.04. The largest absolute Gasteiger partial charge is 0.329 e. The summed E-state index contributed by atoms with van der Waals surface area (Å²) < 4.78 is 0. The fraction of sp³-hybridized carbons (Fsp3) is 0.571. The van der Waals surface area contributed by atoms with Gasteiger partial charge in [-0.1, -0.05) is 32.0 Å². The van der Waals surface area contributed by atoms with Crippen LogP contribution in [0.4, 0.5) is 0 Å². The maximum Gasteiger partial charge on any atom is 0.0467 e. The topological polar surface area (TPSA) is 29.3 Å². The Balaban J connectivity index is 3.14. The number of hydrogen-bond donors (Lipinski definition) is 1. The molecular formula is C14H24N2. The lowest BCUT2D eigenvalue weighted by Crippen LogP contribution is -2.27. The predicted molar refractivity (Wildman–Crippen MR) is 70.8 cm³/mol. The molecular weight excluding hydrogens is 196 g/mol. The van der Waals surface area contributed by atoms with Crippen LogP contribution < -0.4 is 5.73 Å². The number of likely N-dealkylation sites (N-methyl/N-ethyl adjacent to an activating group) is 1. The highest BCUT2D eigenvalue weighted by atomic mass is 15.1. The van der Waals surface area contributed by atoms with Crippen molar-refractivity contribution in [2.24, 2.45) is 5.73 Å². The normalized spacial score (nSPS) is 13.5. The van der Waals surface area contributed by atoms with E-state index in [9.17, 15) is 0 Å². The van der Waals surface area contributed by atoms with Gasteiger partial charge in [0.15, 0.2) is 0 Å². The summed E-state index contributed by atoms with van der Waals surface area (Å²) in [7, 11) is 4.16. The molecule has 0 saturated heterocycles. The van der Waals surface area contributed by atoms with Crippen LogP contribution >= 0.6 is 0 Å². The van der Waals surface area contributed by atoms with Crippen LogP contribution in [0.2, 0.25) is 0 Å². The molecule has 0 fully saturated rings. The number of hydrogen-bond acceptors (Lipinski definition) is 2. The SMILES string of the molecule is Cc1ccc(C(C)C)cc1C(CN)N(C)C. The van der Waals surface area contributed by atoms with Crippen molar-refractivity contribution in [1.82, 2.24) is 4.90 Å². The minimum absolute atomic E-state index is 0.318. The van der Waals surface area contributed by atoms with Gasteiger partial charge in [0.05, 0.1) is 0 Å². The third-order valence-electron chi connectivity index (χ3n) is 3.18. The molecule has 0 bridgehead atoms. The summed E-state index contributed by atoms with van der Waals surface area (Å²) in [5, 5.41) is 0. The van der Waals surface area contributed by atoms with Gasteiger partial charge in [0, 0.05) is 12.6 Å². The van der Waals surface area contributed by atoms with E-state index in [4.69, 9.17) is 5.73 Å². The molecule has 16 heavy (non-hydrogen) atoms. The molecule has 1 rings (SSSR count). The van der Waals surface area contributed by atoms with Gasteiger partial charge in [0.25, 0.3) is 0 Å². The maximum absolute atomic E-state index is 5.86. The van der Waals surface area contributed by atoms with E-state index in [-0.39, 0.29) is 0 Å². The van der Waals surface area contributed by atoms with Crippen LogP contribution in [0.1, 0.15) is 42.5 Å². The lowest BCUT2D eigenvalue weighted by atomic mass is 9.93. The molecule has 0 amide bonds. The standard InChI is InChI=1S/C14H24N2/c1-10(2)12-7-6-11(3)13(8-12)14(9-15)16(4)5/h6-8,10,14H,9,15H2,1-5H3. The molecule has 0 aliphatic rings. The van der Waals surface area contributed by atoms with Gasteiger partial charge in [-0.25, -0.2) is 0 Å². The summed E-state index contributed by atoms with van der Waals surface area (Å²) in [4.78, 5) is 2.19. The molecule has 1 unspecified atom stereocenters. The Bertz CT molecular complexity index is 343. The second-order valence-corrected chi connectivity index (χ2v) is 4.99. The first-order valence-corrected chi connectivity index (χ1v) is 5.94. The molecule has 0 radical (unpaired) electrons. The zero-order valence-electron chi connectivity index (χ0n) is 11.1. The Kier molecular flexibility index (Phi) is 4.51. The molecule has 0 aliphatic carbocycles. The van der Waals surface area contributed by atoms with E-state index < -0.39 is 0 Å². The average molecular weight is 220 g/mol. The number of nitrogens with two attached hydrogens (primary N) is 1. The minimum Gasteiger partial charge on any atom is -0.329 e. The quantitative estimate of drug-likeness (QED) is 0.845. The second kappa shape index (κ2) is 5.46. The first kappa shape index (κ1) is 13.2. The van der Waals surface area contributed by atoms with E-state index >= 15 is 0 Å². The van der Waals surface area contributed by atoms with E-state index in [0.29, 0.717) is 18.5 Å². The monoisotopic (exact) mass is 220 g/mol. The van der Waals surface area contributed by atoms with Gasteiger partial charge in [0.1, 0.15) is 0 Å². The molecule has 0 saturated carbocycles. The molecule has 0 heterocycles. The van der Waals surface area contributed by atoms with Crippen molar-refractivity contribution in [1.29, 1.82) is 0 Å². The van der Waals surface area contributed by atoms with Gasteiger partial charge in [-0.3, -0.25) is 0 Å². The van der Waals surface area contributed by atoms with Gasteiger partial charge in [0.2, 0.25) is 0 Å². The molecule has 90 valence electrons. The Hall–Kier alpha value is -0.860. The summed E-state index contributed by atoms with van der Waals surface area (Å²) in [6.45, 7) is 7.27. The van der Waals surface area contributed by atoms with Crippen LogP contribution in [0.3, 0.4) is 0 Å². The molecule has 0 aliphatic heterocycles. The lowest BCUT2D eigenvalue weighted by Gasteiger charge is -2.25. The zero-order valence-corrected chi connectivity index (χ0v) is 11.1. The number of rotatable bonds is 4. The highest BCUT2D eigenvalue weighted by Crippen LogP contribution is 2.25. The minimum atomic E-state index is 0.318. The third kappa shape index (κ3) is 2.83. The van der Waals surface area contributed by atoms with E-state index in [1.165, 1.54) is 16.7 Å². The Morgan fingerprint density at radius 2 is 1.88 bits per heavy atom. The van der Waals surface area contributed by atoms with Gasteiger partial charge >= 0.3 is 0 Å². The predicted octanol–water partition coefficient (Wildman–Crippen LogP) is 2.68. The van der Waals surface area contributed by atoms with Crippen LogP contribution in [-0.2, 0) is 0 Å². The van der Waals surface area contributed by atoms with Gasteiger partial charge in [-0.05, 0) is 43.6 Å². The molecule has 1 aromatic carbocycles.